The third-order valence-electron chi connectivity index (χ3n) is 5.36. The smallest absolute Gasteiger partial charge is 0.248 e. The molecule has 0 bridgehead atoms. The molecule has 3 rings (SSSR count). The van der Waals surface area contributed by atoms with Gasteiger partial charge in [0.15, 0.2) is 0 Å². The standard InChI is InChI=1S/C23H26Cl2N2OS.HI/c1-27(2,20-11-13-29-14-12-20)16-18-3-7-19(8-4-18)26-23(28)10-6-17-5-9-21(24)22(25)15-17;/h3-10,15,20H,11-14,16H2,1-2H3;1H. The Bertz CT molecular complexity index is 881. The summed E-state index contributed by atoms with van der Waals surface area (Å²) in [5, 5.41) is 3.87. The molecule has 7 heteroatoms. The van der Waals surface area contributed by atoms with E-state index in [0.29, 0.717) is 10.0 Å². The number of anilines is 1. The summed E-state index contributed by atoms with van der Waals surface area (Å²) in [4.78, 5) is 12.2. The van der Waals surface area contributed by atoms with Gasteiger partial charge in [0.2, 0.25) is 5.91 Å². The van der Waals surface area contributed by atoms with Crippen molar-refractivity contribution in [2.24, 2.45) is 0 Å². The minimum absolute atomic E-state index is 0. The number of amides is 1. The van der Waals surface area contributed by atoms with Crippen LogP contribution in [0.2, 0.25) is 10.0 Å². The number of hydrogen-bond donors (Lipinski definition) is 1. The van der Waals surface area contributed by atoms with E-state index >= 15 is 0 Å². The molecule has 0 spiro atoms. The van der Waals surface area contributed by atoms with Gasteiger partial charge in [0.1, 0.15) is 6.54 Å². The maximum absolute atomic E-state index is 12.2. The molecule has 0 atom stereocenters. The number of hydrogen-bond acceptors (Lipinski definition) is 2. The fourth-order valence-corrected chi connectivity index (χ4v) is 5.04. The largest absolute Gasteiger partial charge is 1.00 e. The molecule has 3 nitrogen and oxygen atoms in total. The lowest BCUT2D eigenvalue weighted by molar-refractivity contribution is -0.928. The van der Waals surface area contributed by atoms with E-state index in [1.807, 2.05) is 18.2 Å². The molecule has 1 N–H and O–H groups in total. The van der Waals surface area contributed by atoms with Gasteiger partial charge in [-0.1, -0.05) is 41.4 Å². The van der Waals surface area contributed by atoms with Crippen LogP contribution in [0.3, 0.4) is 0 Å². The molecule has 1 aliphatic heterocycles. The zero-order valence-corrected chi connectivity index (χ0v) is 21.7. The number of halogens is 3. The van der Waals surface area contributed by atoms with Gasteiger partial charge < -0.3 is 33.8 Å². The number of nitrogens with one attached hydrogen (secondary N) is 1. The lowest BCUT2D eigenvalue weighted by atomic mass is 10.1. The highest BCUT2D eigenvalue weighted by Crippen LogP contribution is 2.27. The number of carbonyl (C=O) groups is 1. The van der Waals surface area contributed by atoms with Crippen molar-refractivity contribution in [2.75, 3.05) is 30.9 Å². The summed E-state index contributed by atoms with van der Waals surface area (Å²) in [5.74, 6) is 2.36. The SMILES string of the molecule is C[N+](C)(Cc1ccc(NC(=O)C=Cc2ccc(Cl)c(Cl)c2)cc1)C1CCSCC1.[I-]. The fraction of sp³-hybridized carbons (Fsp3) is 0.348. The van der Waals surface area contributed by atoms with Gasteiger partial charge in [-0.05, 0) is 47.4 Å². The topological polar surface area (TPSA) is 29.1 Å². The summed E-state index contributed by atoms with van der Waals surface area (Å²) in [5.41, 5.74) is 2.90. The highest BCUT2D eigenvalue weighted by Gasteiger charge is 2.29. The van der Waals surface area contributed by atoms with Gasteiger partial charge in [0, 0.05) is 30.2 Å². The van der Waals surface area contributed by atoms with Gasteiger partial charge in [0.05, 0.1) is 30.2 Å². The molecule has 1 fully saturated rings. The van der Waals surface area contributed by atoms with Crippen molar-refractivity contribution in [1.29, 1.82) is 0 Å². The second kappa shape index (κ2) is 11.8. The molecular weight excluding hydrogens is 550 g/mol. The molecule has 0 radical (unpaired) electrons. The van der Waals surface area contributed by atoms with Crippen LogP contribution in [0.5, 0.6) is 0 Å². The number of carbonyl (C=O) groups excluding carboxylic acids is 1. The summed E-state index contributed by atoms with van der Waals surface area (Å²) >= 11 is 14.0. The van der Waals surface area contributed by atoms with Gasteiger partial charge in [-0.25, -0.2) is 0 Å². The first-order valence-corrected chi connectivity index (χ1v) is 11.7. The molecule has 0 aliphatic carbocycles. The van der Waals surface area contributed by atoms with E-state index < -0.39 is 0 Å². The molecule has 1 heterocycles. The minimum Gasteiger partial charge on any atom is -1.00 e. The average Bonchev–Trinajstić information content (AvgIpc) is 2.71. The Balaban J connectivity index is 0.00000320. The maximum atomic E-state index is 12.2. The molecule has 1 saturated heterocycles. The van der Waals surface area contributed by atoms with Gasteiger partial charge in [0.25, 0.3) is 0 Å². The molecule has 0 unspecified atom stereocenters. The van der Waals surface area contributed by atoms with E-state index in [0.717, 1.165) is 28.3 Å². The van der Waals surface area contributed by atoms with Crippen molar-refractivity contribution in [2.45, 2.75) is 25.4 Å². The molecule has 1 amide bonds. The predicted molar refractivity (Wildman–Crippen MR) is 127 cm³/mol. The first-order chi connectivity index (χ1) is 13.8. The average molecular weight is 577 g/mol. The van der Waals surface area contributed by atoms with Crippen molar-refractivity contribution in [1.82, 2.24) is 0 Å². The number of quaternary nitrogens is 1. The minimum atomic E-state index is -0.181. The van der Waals surface area contributed by atoms with Crippen LogP contribution in [0.1, 0.15) is 24.0 Å². The van der Waals surface area contributed by atoms with Crippen LogP contribution in [0.4, 0.5) is 5.69 Å². The van der Waals surface area contributed by atoms with Crippen LogP contribution in [0, 0.1) is 0 Å². The Morgan fingerprint density at radius 2 is 1.77 bits per heavy atom. The highest BCUT2D eigenvalue weighted by atomic mass is 127. The quantitative estimate of drug-likeness (QED) is 0.325. The van der Waals surface area contributed by atoms with Crippen molar-refractivity contribution in [3.8, 4) is 0 Å². The summed E-state index contributed by atoms with van der Waals surface area (Å²) in [6.45, 7) is 1.00. The Hall–Kier alpha value is -0.730. The summed E-state index contributed by atoms with van der Waals surface area (Å²) in [6, 6.07) is 14.1. The zero-order valence-electron chi connectivity index (χ0n) is 17.2. The van der Waals surface area contributed by atoms with E-state index in [2.05, 4.69) is 43.3 Å². The van der Waals surface area contributed by atoms with Crippen molar-refractivity contribution in [3.63, 3.8) is 0 Å². The van der Waals surface area contributed by atoms with Crippen molar-refractivity contribution < 1.29 is 33.3 Å². The van der Waals surface area contributed by atoms with Crippen LogP contribution in [0.25, 0.3) is 6.08 Å². The van der Waals surface area contributed by atoms with E-state index in [9.17, 15) is 4.79 Å². The molecule has 2 aromatic carbocycles. The second-order valence-electron chi connectivity index (χ2n) is 7.97. The number of benzene rings is 2. The first-order valence-electron chi connectivity index (χ1n) is 9.77. The van der Waals surface area contributed by atoms with Crippen LogP contribution in [-0.2, 0) is 11.3 Å². The highest BCUT2D eigenvalue weighted by molar-refractivity contribution is 7.99. The predicted octanol–water partition coefficient (Wildman–Crippen LogP) is 3.12. The Morgan fingerprint density at radius 3 is 2.40 bits per heavy atom. The Morgan fingerprint density at radius 1 is 1.10 bits per heavy atom. The zero-order chi connectivity index (χ0) is 20.9. The molecular formula is C23H27Cl2IN2OS. The normalized spacial score (nSPS) is 15.1. The lowest BCUT2D eigenvalue weighted by Crippen LogP contribution is -3.00. The van der Waals surface area contributed by atoms with Crippen molar-refractivity contribution in [3.05, 3.63) is 69.7 Å². The summed E-state index contributed by atoms with van der Waals surface area (Å²) in [6.07, 6.45) is 5.79. The molecule has 0 saturated carbocycles. The molecule has 1 aliphatic rings. The Labute approximate surface area is 210 Å². The summed E-state index contributed by atoms with van der Waals surface area (Å²) < 4.78 is 1.01. The van der Waals surface area contributed by atoms with Gasteiger partial charge in [-0.3, -0.25) is 4.79 Å². The monoisotopic (exact) mass is 576 g/mol. The molecule has 30 heavy (non-hydrogen) atoms. The first kappa shape index (κ1) is 25.5. The van der Waals surface area contributed by atoms with Gasteiger partial charge in [-0.2, -0.15) is 11.8 Å². The lowest BCUT2D eigenvalue weighted by Gasteiger charge is -2.40. The van der Waals surface area contributed by atoms with E-state index in [1.165, 1.54) is 36.0 Å². The summed E-state index contributed by atoms with van der Waals surface area (Å²) in [7, 11) is 4.65. The maximum Gasteiger partial charge on any atom is 0.248 e. The number of rotatable bonds is 6. The second-order valence-corrected chi connectivity index (χ2v) is 10.0. The van der Waals surface area contributed by atoms with Crippen LogP contribution >= 0.6 is 35.0 Å². The molecule has 0 aromatic heterocycles. The number of thioether (sulfide) groups is 1. The van der Waals surface area contributed by atoms with Crippen LogP contribution < -0.4 is 29.3 Å². The fourth-order valence-electron chi connectivity index (χ4n) is 3.65. The van der Waals surface area contributed by atoms with E-state index in [-0.39, 0.29) is 29.9 Å². The van der Waals surface area contributed by atoms with Crippen LogP contribution in [-0.4, -0.2) is 42.0 Å². The third kappa shape index (κ3) is 7.45. The van der Waals surface area contributed by atoms with Gasteiger partial charge in [-0.15, -0.1) is 0 Å². The van der Waals surface area contributed by atoms with Crippen molar-refractivity contribution >= 4 is 52.6 Å². The molecule has 162 valence electrons. The molecule has 2 aromatic rings. The van der Waals surface area contributed by atoms with Gasteiger partial charge >= 0.3 is 0 Å². The number of nitrogens with zero attached hydrogens (tertiary/aromatic N) is 1. The third-order valence-corrected chi connectivity index (χ3v) is 7.15. The van der Waals surface area contributed by atoms with Crippen LogP contribution in [0.15, 0.2) is 48.5 Å². The van der Waals surface area contributed by atoms with E-state index in [1.54, 1.807) is 18.2 Å². The van der Waals surface area contributed by atoms with E-state index in [4.69, 9.17) is 23.2 Å². The Kier molecular flexibility index (Phi) is 10.0.